The van der Waals surface area contributed by atoms with Crippen LogP contribution < -0.4 is 5.32 Å². The topological polar surface area (TPSA) is 35.8 Å². The summed E-state index contributed by atoms with van der Waals surface area (Å²) in [5.74, 6) is 0. The molecule has 0 heterocycles. The molecule has 0 unspecified atom stereocenters. The zero-order chi connectivity index (χ0) is 13.1. The molecule has 0 radical (unpaired) electrons. The van der Waals surface area contributed by atoms with Crippen LogP contribution in [0.2, 0.25) is 15.1 Å². The maximum absolute atomic E-state index is 9.04. The predicted molar refractivity (Wildman–Crippen MR) is 75.9 cm³/mol. The minimum Gasteiger partial charge on any atom is -0.353 e. The first-order valence-electron chi connectivity index (χ1n) is 5.02. The first-order valence-corrected chi connectivity index (χ1v) is 6.15. The van der Waals surface area contributed by atoms with Crippen LogP contribution in [0.25, 0.3) is 0 Å². The van der Waals surface area contributed by atoms with Crippen LogP contribution in [0.5, 0.6) is 0 Å². The Balaban J connectivity index is 2.40. The van der Waals surface area contributed by atoms with E-state index in [4.69, 9.17) is 40.1 Å². The lowest BCUT2D eigenvalue weighted by molar-refractivity contribution is 1.46. The Labute approximate surface area is 120 Å². The molecular formula is C13H7Cl3N2. The molecule has 0 saturated heterocycles. The van der Waals surface area contributed by atoms with E-state index in [0.717, 1.165) is 0 Å². The normalized spacial score (nSPS) is 9.89. The molecule has 2 aromatic rings. The number of anilines is 2. The van der Waals surface area contributed by atoms with Crippen LogP contribution >= 0.6 is 34.8 Å². The van der Waals surface area contributed by atoms with Gasteiger partial charge in [-0.25, -0.2) is 0 Å². The van der Waals surface area contributed by atoms with E-state index in [2.05, 4.69) is 11.4 Å². The Morgan fingerprint density at radius 2 is 1.56 bits per heavy atom. The third-order valence-corrected chi connectivity index (χ3v) is 3.10. The number of nitrogens with zero attached hydrogens (tertiary/aromatic N) is 1. The van der Waals surface area contributed by atoms with Gasteiger partial charge in [-0.1, -0.05) is 34.8 Å². The van der Waals surface area contributed by atoms with Crippen molar-refractivity contribution in [2.24, 2.45) is 0 Å². The Hall–Kier alpha value is -1.40. The summed E-state index contributed by atoms with van der Waals surface area (Å²) in [6.45, 7) is 0. The minimum absolute atomic E-state index is 0.443. The Kier molecular flexibility index (Phi) is 3.98. The molecule has 0 saturated carbocycles. The SMILES string of the molecule is N#Cc1cc(Cl)ccc1Nc1cc(Cl)ccc1Cl. The van der Waals surface area contributed by atoms with E-state index in [1.807, 2.05) is 0 Å². The monoisotopic (exact) mass is 296 g/mol. The number of hydrogen-bond acceptors (Lipinski definition) is 2. The third kappa shape index (κ3) is 2.88. The molecule has 0 fully saturated rings. The molecule has 90 valence electrons. The summed E-state index contributed by atoms with van der Waals surface area (Å²) in [5, 5.41) is 13.7. The zero-order valence-corrected chi connectivity index (χ0v) is 11.3. The molecule has 0 amide bonds. The van der Waals surface area contributed by atoms with Crippen molar-refractivity contribution in [3.63, 3.8) is 0 Å². The van der Waals surface area contributed by atoms with Gasteiger partial charge in [0.2, 0.25) is 0 Å². The van der Waals surface area contributed by atoms with E-state index in [0.29, 0.717) is 32.0 Å². The molecule has 0 spiro atoms. The molecule has 0 aromatic heterocycles. The van der Waals surface area contributed by atoms with Crippen LogP contribution in [0, 0.1) is 11.3 Å². The minimum atomic E-state index is 0.443. The van der Waals surface area contributed by atoms with E-state index < -0.39 is 0 Å². The van der Waals surface area contributed by atoms with Crippen LogP contribution in [-0.2, 0) is 0 Å². The van der Waals surface area contributed by atoms with E-state index in [-0.39, 0.29) is 0 Å². The Bertz CT molecular complexity index is 633. The van der Waals surface area contributed by atoms with E-state index in [1.54, 1.807) is 36.4 Å². The average Bonchev–Trinajstić information content (AvgIpc) is 2.36. The molecule has 2 rings (SSSR count). The molecule has 0 aliphatic rings. The van der Waals surface area contributed by atoms with Crippen LogP contribution in [0.4, 0.5) is 11.4 Å². The number of nitrogens with one attached hydrogen (secondary N) is 1. The van der Waals surface area contributed by atoms with E-state index in [9.17, 15) is 0 Å². The summed E-state index contributed by atoms with van der Waals surface area (Å²) in [6, 6.07) is 12.2. The highest BCUT2D eigenvalue weighted by Gasteiger charge is 2.06. The van der Waals surface area contributed by atoms with Gasteiger partial charge in [0.1, 0.15) is 6.07 Å². The molecule has 0 atom stereocenters. The average molecular weight is 298 g/mol. The first kappa shape index (κ1) is 13.0. The smallest absolute Gasteiger partial charge is 0.101 e. The van der Waals surface area contributed by atoms with Gasteiger partial charge in [-0.15, -0.1) is 0 Å². The molecule has 2 nitrogen and oxygen atoms in total. The largest absolute Gasteiger partial charge is 0.353 e. The third-order valence-electron chi connectivity index (χ3n) is 2.30. The zero-order valence-electron chi connectivity index (χ0n) is 9.05. The fourth-order valence-electron chi connectivity index (χ4n) is 1.46. The standard InChI is InChI=1S/C13H7Cl3N2/c14-9-2-4-12(8(5-9)7-17)18-13-6-10(15)1-3-11(13)16/h1-6,18H. The summed E-state index contributed by atoms with van der Waals surface area (Å²) in [6.07, 6.45) is 0. The summed E-state index contributed by atoms with van der Waals surface area (Å²) in [7, 11) is 0. The fraction of sp³-hybridized carbons (Fsp3) is 0. The van der Waals surface area contributed by atoms with Crippen molar-refractivity contribution in [1.29, 1.82) is 5.26 Å². The van der Waals surface area contributed by atoms with Gasteiger partial charge in [-0.05, 0) is 36.4 Å². The highest BCUT2D eigenvalue weighted by molar-refractivity contribution is 6.35. The highest BCUT2D eigenvalue weighted by atomic mass is 35.5. The van der Waals surface area contributed by atoms with Crippen molar-refractivity contribution in [1.82, 2.24) is 0 Å². The lowest BCUT2D eigenvalue weighted by Crippen LogP contribution is -1.94. The summed E-state index contributed by atoms with van der Waals surface area (Å²) in [4.78, 5) is 0. The van der Waals surface area contributed by atoms with Gasteiger partial charge in [-0.3, -0.25) is 0 Å². The van der Waals surface area contributed by atoms with Gasteiger partial charge in [-0.2, -0.15) is 5.26 Å². The highest BCUT2D eigenvalue weighted by Crippen LogP contribution is 2.30. The maximum atomic E-state index is 9.04. The van der Waals surface area contributed by atoms with E-state index >= 15 is 0 Å². The number of hydrogen-bond donors (Lipinski definition) is 1. The van der Waals surface area contributed by atoms with Gasteiger partial charge >= 0.3 is 0 Å². The van der Waals surface area contributed by atoms with Crippen LogP contribution in [-0.4, -0.2) is 0 Å². The molecule has 1 N–H and O–H groups in total. The second-order valence-electron chi connectivity index (χ2n) is 3.55. The van der Waals surface area contributed by atoms with Crippen molar-refractivity contribution in [2.45, 2.75) is 0 Å². The lowest BCUT2D eigenvalue weighted by Gasteiger charge is -2.10. The molecule has 0 aliphatic heterocycles. The van der Waals surface area contributed by atoms with Gasteiger partial charge in [0.05, 0.1) is 22.0 Å². The molecule has 18 heavy (non-hydrogen) atoms. The number of nitriles is 1. The van der Waals surface area contributed by atoms with Crippen molar-refractivity contribution >= 4 is 46.2 Å². The molecule has 0 aliphatic carbocycles. The van der Waals surface area contributed by atoms with Gasteiger partial charge in [0, 0.05) is 10.0 Å². The molecule has 2 aromatic carbocycles. The van der Waals surface area contributed by atoms with Crippen LogP contribution in [0.15, 0.2) is 36.4 Å². The summed E-state index contributed by atoms with van der Waals surface area (Å²) in [5.41, 5.74) is 1.72. The van der Waals surface area contributed by atoms with Crippen molar-refractivity contribution < 1.29 is 0 Å². The second-order valence-corrected chi connectivity index (χ2v) is 4.83. The van der Waals surface area contributed by atoms with Crippen molar-refractivity contribution in [3.05, 3.63) is 57.0 Å². The Morgan fingerprint density at radius 1 is 0.889 bits per heavy atom. The molecule has 5 heteroatoms. The maximum Gasteiger partial charge on any atom is 0.101 e. The lowest BCUT2D eigenvalue weighted by atomic mass is 10.2. The summed E-state index contributed by atoms with van der Waals surface area (Å²) < 4.78 is 0. The van der Waals surface area contributed by atoms with Gasteiger partial charge < -0.3 is 5.32 Å². The molecule has 0 bridgehead atoms. The first-order chi connectivity index (χ1) is 8.60. The van der Waals surface area contributed by atoms with Crippen molar-refractivity contribution in [2.75, 3.05) is 5.32 Å². The number of halogens is 3. The number of rotatable bonds is 2. The molecular weight excluding hydrogens is 291 g/mol. The van der Waals surface area contributed by atoms with Crippen molar-refractivity contribution in [3.8, 4) is 6.07 Å². The van der Waals surface area contributed by atoms with Gasteiger partial charge in [0.25, 0.3) is 0 Å². The number of benzene rings is 2. The van der Waals surface area contributed by atoms with Crippen LogP contribution in [0.1, 0.15) is 5.56 Å². The van der Waals surface area contributed by atoms with Gasteiger partial charge in [0.15, 0.2) is 0 Å². The van der Waals surface area contributed by atoms with E-state index in [1.165, 1.54) is 0 Å². The Morgan fingerprint density at radius 3 is 2.28 bits per heavy atom. The predicted octanol–water partition coefficient (Wildman–Crippen LogP) is 5.26. The fourth-order valence-corrected chi connectivity index (χ4v) is 1.97. The quantitative estimate of drug-likeness (QED) is 0.820. The summed E-state index contributed by atoms with van der Waals surface area (Å²) >= 11 is 17.8. The second kappa shape index (κ2) is 5.49. The van der Waals surface area contributed by atoms with Crippen LogP contribution in [0.3, 0.4) is 0 Å².